The summed E-state index contributed by atoms with van der Waals surface area (Å²) < 4.78 is 0. The fourth-order valence-electron chi connectivity index (χ4n) is 2.05. The van der Waals surface area contributed by atoms with Gasteiger partial charge in [0.15, 0.2) is 0 Å². The molecule has 2 aliphatic rings. The molecule has 0 aromatic carbocycles. The first-order valence-corrected chi connectivity index (χ1v) is 4.58. The van der Waals surface area contributed by atoms with Crippen molar-refractivity contribution < 1.29 is 9.59 Å². The fraction of sp³-hybridized carbons (Fsp3) is 0.778. The normalized spacial score (nSPS) is 26.7. The number of amides is 2. The Bertz CT molecular complexity index is 205. The number of imide groups is 1. The lowest BCUT2D eigenvalue weighted by Gasteiger charge is -2.35. The SMILES string of the molecule is O=C1CC(C2CCC2)CC(=O)N1. The molecule has 66 valence electrons. The first kappa shape index (κ1) is 7.77. The molecule has 0 atom stereocenters. The molecule has 1 aliphatic heterocycles. The van der Waals surface area contributed by atoms with Gasteiger partial charge >= 0.3 is 0 Å². The molecule has 3 heteroatoms. The summed E-state index contributed by atoms with van der Waals surface area (Å²) in [6, 6.07) is 0. The number of rotatable bonds is 1. The molecule has 0 radical (unpaired) electrons. The summed E-state index contributed by atoms with van der Waals surface area (Å²) >= 11 is 0. The fourth-order valence-corrected chi connectivity index (χ4v) is 2.05. The first-order chi connectivity index (χ1) is 5.75. The first-order valence-electron chi connectivity index (χ1n) is 4.58. The van der Waals surface area contributed by atoms with Gasteiger partial charge in [-0.1, -0.05) is 19.3 Å². The summed E-state index contributed by atoms with van der Waals surface area (Å²) in [4.78, 5) is 22.0. The average Bonchev–Trinajstić information content (AvgIpc) is 1.79. The van der Waals surface area contributed by atoms with Crippen molar-refractivity contribution in [1.29, 1.82) is 0 Å². The Hall–Kier alpha value is -0.860. The Kier molecular flexibility index (Phi) is 1.87. The van der Waals surface area contributed by atoms with E-state index >= 15 is 0 Å². The number of carbonyl (C=O) groups is 2. The third-order valence-electron chi connectivity index (χ3n) is 2.99. The smallest absolute Gasteiger partial charge is 0.226 e. The molecule has 1 aliphatic carbocycles. The summed E-state index contributed by atoms with van der Waals surface area (Å²) in [5, 5.41) is 2.33. The number of carbonyl (C=O) groups excluding carboxylic acids is 2. The summed E-state index contributed by atoms with van der Waals surface area (Å²) in [6.45, 7) is 0. The maximum absolute atomic E-state index is 11.0. The molecule has 3 nitrogen and oxygen atoms in total. The van der Waals surface area contributed by atoms with Gasteiger partial charge in [-0.3, -0.25) is 14.9 Å². The van der Waals surface area contributed by atoms with Crippen LogP contribution in [0.2, 0.25) is 0 Å². The third-order valence-corrected chi connectivity index (χ3v) is 2.99. The van der Waals surface area contributed by atoms with E-state index in [1.54, 1.807) is 0 Å². The predicted molar refractivity (Wildman–Crippen MR) is 43.2 cm³/mol. The van der Waals surface area contributed by atoms with Gasteiger partial charge < -0.3 is 0 Å². The summed E-state index contributed by atoms with van der Waals surface area (Å²) in [6.07, 6.45) is 4.83. The van der Waals surface area contributed by atoms with Crippen molar-refractivity contribution in [2.24, 2.45) is 11.8 Å². The standard InChI is InChI=1S/C9H13NO2/c11-8-4-7(5-9(12)10-8)6-2-1-3-6/h6-7H,1-5H2,(H,10,11,12). The van der Waals surface area contributed by atoms with Crippen LogP contribution in [0.1, 0.15) is 32.1 Å². The van der Waals surface area contributed by atoms with Gasteiger partial charge in [0.25, 0.3) is 0 Å². The van der Waals surface area contributed by atoms with Crippen LogP contribution in [0.5, 0.6) is 0 Å². The van der Waals surface area contributed by atoms with Crippen LogP contribution in [0.4, 0.5) is 0 Å². The molecule has 1 saturated heterocycles. The van der Waals surface area contributed by atoms with E-state index in [1.807, 2.05) is 0 Å². The van der Waals surface area contributed by atoms with Gasteiger partial charge in [-0.05, 0) is 11.8 Å². The van der Waals surface area contributed by atoms with Gasteiger partial charge in [0.1, 0.15) is 0 Å². The molecule has 1 saturated carbocycles. The summed E-state index contributed by atoms with van der Waals surface area (Å²) in [7, 11) is 0. The minimum Gasteiger partial charge on any atom is -0.296 e. The largest absolute Gasteiger partial charge is 0.296 e. The van der Waals surface area contributed by atoms with Gasteiger partial charge in [0.2, 0.25) is 11.8 Å². The summed E-state index contributed by atoms with van der Waals surface area (Å²) in [5.74, 6) is 0.839. The van der Waals surface area contributed by atoms with Crippen LogP contribution >= 0.6 is 0 Å². The van der Waals surface area contributed by atoms with E-state index in [2.05, 4.69) is 5.32 Å². The molecule has 0 unspecified atom stereocenters. The van der Waals surface area contributed by atoms with E-state index < -0.39 is 0 Å². The third kappa shape index (κ3) is 1.36. The van der Waals surface area contributed by atoms with Crippen molar-refractivity contribution in [3.05, 3.63) is 0 Å². The zero-order valence-corrected chi connectivity index (χ0v) is 7.01. The lowest BCUT2D eigenvalue weighted by Crippen LogP contribution is -2.41. The maximum atomic E-state index is 11.0. The van der Waals surface area contributed by atoms with Crippen molar-refractivity contribution in [3.63, 3.8) is 0 Å². The van der Waals surface area contributed by atoms with E-state index in [9.17, 15) is 9.59 Å². The molecule has 12 heavy (non-hydrogen) atoms. The molecule has 0 bridgehead atoms. The lowest BCUT2D eigenvalue weighted by atomic mass is 9.72. The van der Waals surface area contributed by atoms with Crippen molar-refractivity contribution >= 4 is 11.8 Å². The second-order valence-corrected chi connectivity index (χ2v) is 3.83. The molecule has 2 rings (SSSR count). The van der Waals surface area contributed by atoms with E-state index in [-0.39, 0.29) is 11.8 Å². The molecule has 1 heterocycles. The molecular weight excluding hydrogens is 154 g/mol. The van der Waals surface area contributed by atoms with Crippen molar-refractivity contribution in [2.45, 2.75) is 32.1 Å². The second kappa shape index (κ2) is 2.88. The lowest BCUT2D eigenvalue weighted by molar-refractivity contribution is -0.136. The highest BCUT2D eigenvalue weighted by atomic mass is 16.2. The van der Waals surface area contributed by atoms with Gasteiger partial charge in [0.05, 0.1) is 0 Å². The van der Waals surface area contributed by atoms with E-state index in [0.717, 1.165) is 0 Å². The summed E-state index contributed by atoms with van der Waals surface area (Å²) in [5.41, 5.74) is 0. The zero-order chi connectivity index (χ0) is 8.55. The number of hydrogen-bond donors (Lipinski definition) is 1. The molecule has 2 amide bonds. The number of hydrogen-bond acceptors (Lipinski definition) is 2. The topological polar surface area (TPSA) is 46.2 Å². The Morgan fingerprint density at radius 2 is 1.58 bits per heavy atom. The van der Waals surface area contributed by atoms with Crippen molar-refractivity contribution in [3.8, 4) is 0 Å². The number of piperidine rings is 1. The molecule has 0 aromatic heterocycles. The monoisotopic (exact) mass is 167 g/mol. The zero-order valence-electron chi connectivity index (χ0n) is 7.01. The highest BCUT2D eigenvalue weighted by Crippen LogP contribution is 2.37. The molecule has 2 fully saturated rings. The van der Waals surface area contributed by atoms with Gasteiger partial charge in [0, 0.05) is 12.8 Å². The van der Waals surface area contributed by atoms with Crippen LogP contribution in [0.25, 0.3) is 0 Å². The van der Waals surface area contributed by atoms with Crippen LogP contribution in [-0.2, 0) is 9.59 Å². The van der Waals surface area contributed by atoms with Gasteiger partial charge in [-0.15, -0.1) is 0 Å². The van der Waals surface area contributed by atoms with Crippen LogP contribution in [-0.4, -0.2) is 11.8 Å². The van der Waals surface area contributed by atoms with Gasteiger partial charge in [-0.2, -0.15) is 0 Å². The van der Waals surface area contributed by atoms with E-state index in [1.165, 1.54) is 19.3 Å². The maximum Gasteiger partial charge on any atom is 0.226 e. The number of nitrogens with one attached hydrogen (secondary N) is 1. The Morgan fingerprint density at radius 3 is 2.00 bits per heavy atom. The van der Waals surface area contributed by atoms with E-state index in [0.29, 0.717) is 24.7 Å². The quantitative estimate of drug-likeness (QED) is 0.588. The highest BCUT2D eigenvalue weighted by Gasteiger charge is 2.33. The predicted octanol–water partition coefficient (Wildman–Crippen LogP) is 0.839. The Morgan fingerprint density at radius 1 is 1.00 bits per heavy atom. The van der Waals surface area contributed by atoms with Crippen LogP contribution < -0.4 is 5.32 Å². The minimum absolute atomic E-state index is 0.0804. The Balaban J connectivity index is 1.96. The highest BCUT2D eigenvalue weighted by molar-refractivity contribution is 5.97. The molecule has 1 N–H and O–H groups in total. The van der Waals surface area contributed by atoms with Crippen molar-refractivity contribution in [1.82, 2.24) is 5.32 Å². The second-order valence-electron chi connectivity index (χ2n) is 3.83. The molecular formula is C9H13NO2. The minimum atomic E-state index is -0.0804. The average molecular weight is 167 g/mol. The van der Waals surface area contributed by atoms with Crippen LogP contribution in [0.3, 0.4) is 0 Å². The van der Waals surface area contributed by atoms with Crippen LogP contribution in [0, 0.1) is 11.8 Å². The van der Waals surface area contributed by atoms with Gasteiger partial charge in [-0.25, -0.2) is 0 Å². The van der Waals surface area contributed by atoms with Crippen molar-refractivity contribution in [2.75, 3.05) is 0 Å². The Labute approximate surface area is 71.5 Å². The van der Waals surface area contributed by atoms with E-state index in [4.69, 9.17) is 0 Å². The molecule has 0 spiro atoms. The molecule has 0 aromatic rings. The van der Waals surface area contributed by atoms with Crippen LogP contribution in [0.15, 0.2) is 0 Å².